The van der Waals surface area contributed by atoms with E-state index >= 15 is 0 Å². The zero-order valence-electron chi connectivity index (χ0n) is 16.3. The van der Waals surface area contributed by atoms with Gasteiger partial charge in [-0.3, -0.25) is 14.6 Å². The van der Waals surface area contributed by atoms with Crippen LogP contribution < -0.4 is 17.2 Å². The summed E-state index contributed by atoms with van der Waals surface area (Å²) in [5.41, 5.74) is 17.5. The first-order valence-corrected chi connectivity index (χ1v) is 8.90. The minimum absolute atomic E-state index is 0.0129. The van der Waals surface area contributed by atoms with Crippen LogP contribution in [0.4, 0.5) is 0 Å². The molecule has 0 amide bonds. The second-order valence-electron chi connectivity index (χ2n) is 6.79. The van der Waals surface area contributed by atoms with Crippen LogP contribution in [0.1, 0.15) is 50.7 Å². The molecule has 0 fully saturated rings. The summed E-state index contributed by atoms with van der Waals surface area (Å²) in [7, 11) is 0. The maximum atomic E-state index is 10.8. The highest BCUT2D eigenvalue weighted by molar-refractivity contribution is 5.76. The number of nitrogens with zero attached hydrogens (tertiary/aromatic N) is 1. The summed E-state index contributed by atoms with van der Waals surface area (Å²) < 4.78 is 0. The van der Waals surface area contributed by atoms with E-state index in [4.69, 9.17) is 27.4 Å². The molecule has 0 aliphatic heterocycles. The second kappa shape index (κ2) is 12.7. The molecule has 0 radical (unpaired) electrons. The third kappa shape index (κ3) is 11.6. The van der Waals surface area contributed by atoms with Crippen LogP contribution in [0.25, 0.3) is 0 Å². The number of benzene rings is 1. The number of aliphatic imine (C=N–C) groups is 1. The molecule has 2 atom stereocenters. The van der Waals surface area contributed by atoms with E-state index < -0.39 is 23.9 Å². The van der Waals surface area contributed by atoms with Crippen molar-refractivity contribution >= 4 is 17.9 Å². The van der Waals surface area contributed by atoms with Crippen molar-refractivity contribution in [2.45, 2.75) is 52.0 Å². The van der Waals surface area contributed by atoms with Crippen LogP contribution in [-0.4, -0.2) is 40.7 Å². The lowest BCUT2D eigenvalue weighted by Gasteiger charge is -2.09. The van der Waals surface area contributed by atoms with E-state index in [1.807, 2.05) is 24.3 Å². The first kappa shape index (κ1) is 24.4. The van der Waals surface area contributed by atoms with Crippen molar-refractivity contribution in [3.8, 4) is 0 Å². The quantitative estimate of drug-likeness (QED) is 0.246. The largest absolute Gasteiger partial charge is 0.481 e. The molecule has 27 heavy (non-hydrogen) atoms. The summed E-state index contributed by atoms with van der Waals surface area (Å²) in [5, 5.41) is 17.2. The molecular weight excluding hydrogens is 348 g/mol. The van der Waals surface area contributed by atoms with Gasteiger partial charge in [0, 0.05) is 6.54 Å². The molecule has 0 bridgehead atoms. The summed E-state index contributed by atoms with van der Waals surface area (Å²) in [6.07, 6.45) is 2.00. The van der Waals surface area contributed by atoms with Gasteiger partial charge >= 0.3 is 11.9 Å². The lowest BCUT2D eigenvalue weighted by atomic mass is 9.97. The second-order valence-corrected chi connectivity index (χ2v) is 6.79. The molecule has 8 N–H and O–H groups in total. The Morgan fingerprint density at radius 1 is 1.04 bits per heavy atom. The van der Waals surface area contributed by atoms with Crippen LogP contribution in [0, 0.1) is 5.92 Å². The number of carboxylic acid groups (broad SMARTS) is 2. The fourth-order valence-electron chi connectivity index (χ4n) is 2.20. The van der Waals surface area contributed by atoms with Crippen LogP contribution >= 0.6 is 0 Å². The van der Waals surface area contributed by atoms with Crippen LogP contribution in [0.3, 0.4) is 0 Å². The molecule has 0 aliphatic rings. The predicted octanol–water partition coefficient (Wildman–Crippen LogP) is 1.53. The molecule has 0 saturated carbocycles. The van der Waals surface area contributed by atoms with Crippen molar-refractivity contribution < 1.29 is 19.8 Å². The molecule has 8 nitrogen and oxygen atoms in total. The molecule has 1 aromatic rings. The Kier molecular flexibility index (Phi) is 11.5. The molecule has 0 unspecified atom stereocenters. The molecule has 0 heterocycles. The molecule has 0 saturated heterocycles. The number of guanidine groups is 1. The number of rotatable bonds is 9. The summed E-state index contributed by atoms with van der Waals surface area (Å²) in [6, 6.07) is 7.05. The van der Waals surface area contributed by atoms with Crippen LogP contribution in [-0.2, 0) is 16.0 Å². The van der Waals surface area contributed by atoms with Gasteiger partial charge in [0.05, 0.1) is 5.92 Å². The maximum Gasteiger partial charge on any atom is 0.320 e. The predicted molar refractivity (Wildman–Crippen MR) is 107 cm³/mol. The highest BCUT2D eigenvalue weighted by Gasteiger charge is 2.13. The van der Waals surface area contributed by atoms with Gasteiger partial charge in [-0.15, -0.1) is 0 Å². The summed E-state index contributed by atoms with van der Waals surface area (Å²) in [4.78, 5) is 24.7. The molecule has 1 rings (SSSR count). The van der Waals surface area contributed by atoms with Gasteiger partial charge in [0.25, 0.3) is 0 Å². The van der Waals surface area contributed by atoms with Crippen LogP contribution in [0.15, 0.2) is 29.3 Å². The Morgan fingerprint density at radius 2 is 1.59 bits per heavy atom. The van der Waals surface area contributed by atoms with Gasteiger partial charge in [-0.25, -0.2) is 0 Å². The SMILES string of the molecule is CC(C)Cc1ccc([C@@H](C)C(=O)O)cc1.NC(N)=NCCC[C@H](N)C(=O)O. The van der Waals surface area contributed by atoms with Crippen LogP contribution in [0.2, 0.25) is 0 Å². The standard InChI is InChI=1S/C13H18O2.C6H14N4O2/c1-9(2)8-11-4-6-12(7-5-11)10(3)13(14)15;7-4(5(11)12)2-1-3-10-6(8)9/h4-7,9-10H,8H2,1-3H3,(H,14,15);4H,1-3,7H2,(H,11,12)(H4,8,9,10)/t10-;4-/m10/s1. The van der Waals surface area contributed by atoms with Crippen molar-refractivity contribution in [1.29, 1.82) is 0 Å². The number of aliphatic carboxylic acids is 2. The third-order valence-corrected chi connectivity index (χ3v) is 3.78. The van der Waals surface area contributed by atoms with Gasteiger partial charge in [-0.1, -0.05) is 38.1 Å². The molecule has 152 valence electrons. The number of hydrogen-bond acceptors (Lipinski definition) is 4. The maximum absolute atomic E-state index is 10.8. The van der Waals surface area contributed by atoms with Gasteiger partial charge in [-0.2, -0.15) is 0 Å². The topological polar surface area (TPSA) is 165 Å². The van der Waals surface area contributed by atoms with E-state index in [0.717, 1.165) is 12.0 Å². The monoisotopic (exact) mass is 380 g/mol. The molecule has 0 aromatic heterocycles. The Balaban J connectivity index is 0.000000516. The Morgan fingerprint density at radius 3 is 2.00 bits per heavy atom. The van der Waals surface area contributed by atoms with E-state index in [-0.39, 0.29) is 5.96 Å². The van der Waals surface area contributed by atoms with Gasteiger partial charge < -0.3 is 27.4 Å². The van der Waals surface area contributed by atoms with Gasteiger partial charge in [0.2, 0.25) is 0 Å². The first-order chi connectivity index (χ1) is 12.5. The zero-order chi connectivity index (χ0) is 21.0. The van der Waals surface area contributed by atoms with Crippen molar-refractivity contribution in [2.75, 3.05) is 6.54 Å². The van der Waals surface area contributed by atoms with Gasteiger partial charge in [0.15, 0.2) is 5.96 Å². The highest BCUT2D eigenvalue weighted by atomic mass is 16.4. The van der Waals surface area contributed by atoms with Gasteiger partial charge in [-0.05, 0) is 43.2 Å². The molecular formula is C19H32N4O4. The lowest BCUT2D eigenvalue weighted by molar-refractivity contribution is -0.139. The average Bonchev–Trinajstić information content (AvgIpc) is 2.58. The van der Waals surface area contributed by atoms with E-state index in [1.54, 1.807) is 6.92 Å². The summed E-state index contributed by atoms with van der Waals surface area (Å²) in [6.45, 7) is 6.48. The van der Waals surface area contributed by atoms with Crippen molar-refractivity contribution in [3.63, 3.8) is 0 Å². The van der Waals surface area contributed by atoms with E-state index in [2.05, 4.69) is 18.8 Å². The summed E-state index contributed by atoms with van der Waals surface area (Å²) in [5.74, 6) is -1.55. The Hall–Kier alpha value is -2.61. The molecule has 1 aromatic carbocycles. The molecule has 8 heteroatoms. The number of nitrogens with two attached hydrogens (primary N) is 3. The number of carboxylic acids is 2. The van der Waals surface area contributed by atoms with E-state index in [0.29, 0.717) is 25.3 Å². The van der Waals surface area contributed by atoms with E-state index in [9.17, 15) is 9.59 Å². The highest BCUT2D eigenvalue weighted by Crippen LogP contribution is 2.17. The summed E-state index contributed by atoms with van der Waals surface area (Å²) >= 11 is 0. The number of hydrogen-bond donors (Lipinski definition) is 5. The molecule has 0 spiro atoms. The van der Waals surface area contributed by atoms with Gasteiger partial charge in [0.1, 0.15) is 6.04 Å². The Labute approximate surface area is 160 Å². The zero-order valence-corrected chi connectivity index (χ0v) is 16.3. The normalized spacial score (nSPS) is 12.5. The fraction of sp³-hybridized carbons (Fsp3) is 0.526. The number of carbonyl (C=O) groups is 2. The smallest absolute Gasteiger partial charge is 0.320 e. The first-order valence-electron chi connectivity index (χ1n) is 8.90. The molecule has 0 aliphatic carbocycles. The lowest BCUT2D eigenvalue weighted by Crippen LogP contribution is -2.30. The van der Waals surface area contributed by atoms with E-state index in [1.165, 1.54) is 5.56 Å². The van der Waals surface area contributed by atoms with Crippen molar-refractivity contribution in [1.82, 2.24) is 0 Å². The average molecular weight is 380 g/mol. The fourth-order valence-corrected chi connectivity index (χ4v) is 2.20. The van der Waals surface area contributed by atoms with Crippen molar-refractivity contribution in [2.24, 2.45) is 28.1 Å². The third-order valence-electron chi connectivity index (χ3n) is 3.78. The van der Waals surface area contributed by atoms with Crippen LogP contribution in [0.5, 0.6) is 0 Å². The van der Waals surface area contributed by atoms with Crippen molar-refractivity contribution in [3.05, 3.63) is 35.4 Å². The minimum Gasteiger partial charge on any atom is -0.481 e. The minimum atomic E-state index is -1.00. The Bertz CT molecular complexity index is 611.